The number of hydrogen-bond acceptors (Lipinski definition) is 4. The predicted octanol–water partition coefficient (Wildman–Crippen LogP) is 3.71. The van der Waals surface area contributed by atoms with Crippen LogP contribution in [-0.4, -0.2) is 16.9 Å². The monoisotopic (exact) mass is 313 g/mol. The zero-order valence-corrected chi connectivity index (χ0v) is 12.8. The molecule has 23 heavy (non-hydrogen) atoms. The molecule has 0 unspecified atom stereocenters. The molecule has 118 valence electrons. The standard InChI is InChI=1S/C17H16FN3O2/c1-10(17(22)21-13-5-3-4-12(18)8-13)19-14-6-7-16-15(9-14)20-11(2)23-16/h3-10,19H,1-2H3,(H,21,22)/t10-/m0/s1. The van der Waals surface area contributed by atoms with Gasteiger partial charge in [-0.3, -0.25) is 4.79 Å². The summed E-state index contributed by atoms with van der Waals surface area (Å²) >= 11 is 0. The summed E-state index contributed by atoms with van der Waals surface area (Å²) in [4.78, 5) is 16.4. The summed E-state index contributed by atoms with van der Waals surface area (Å²) in [6.07, 6.45) is 0. The van der Waals surface area contributed by atoms with Gasteiger partial charge >= 0.3 is 0 Å². The fourth-order valence-corrected chi connectivity index (χ4v) is 2.26. The minimum absolute atomic E-state index is 0.257. The van der Waals surface area contributed by atoms with Crippen molar-refractivity contribution in [2.24, 2.45) is 0 Å². The van der Waals surface area contributed by atoms with E-state index in [1.807, 2.05) is 12.1 Å². The molecule has 0 saturated heterocycles. The van der Waals surface area contributed by atoms with Crippen LogP contribution in [0.3, 0.4) is 0 Å². The molecule has 3 aromatic rings. The number of rotatable bonds is 4. The van der Waals surface area contributed by atoms with Crippen molar-refractivity contribution in [2.75, 3.05) is 10.6 Å². The van der Waals surface area contributed by atoms with Crippen molar-refractivity contribution in [3.63, 3.8) is 0 Å². The van der Waals surface area contributed by atoms with E-state index in [0.717, 1.165) is 11.2 Å². The largest absolute Gasteiger partial charge is 0.441 e. The van der Waals surface area contributed by atoms with Gasteiger partial charge in [-0.1, -0.05) is 6.07 Å². The Hall–Kier alpha value is -2.89. The third-order valence-corrected chi connectivity index (χ3v) is 3.36. The molecule has 1 atom stereocenters. The topological polar surface area (TPSA) is 67.2 Å². The SMILES string of the molecule is Cc1nc2cc(N[C@@H](C)C(=O)Nc3cccc(F)c3)ccc2o1. The molecule has 3 rings (SSSR count). The maximum absolute atomic E-state index is 13.1. The highest BCUT2D eigenvalue weighted by molar-refractivity contribution is 5.96. The van der Waals surface area contributed by atoms with Crippen molar-refractivity contribution in [3.05, 3.63) is 54.2 Å². The Bertz CT molecular complexity index is 860. The minimum Gasteiger partial charge on any atom is -0.441 e. The molecule has 6 heteroatoms. The van der Waals surface area contributed by atoms with Gasteiger partial charge in [0.25, 0.3) is 0 Å². The van der Waals surface area contributed by atoms with E-state index in [2.05, 4.69) is 15.6 Å². The lowest BCUT2D eigenvalue weighted by Crippen LogP contribution is -2.31. The zero-order valence-electron chi connectivity index (χ0n) is 12.8. The van der Waals surface area contributed by atoms with Crippen LogP contribution in [0.1, 0.15) is 12.8 Å². The molecule has 0 aliphatic heterocycles. The molecule has 0 radical (unpaired) electrons. The average molecular weight is 313 g/mol. The third kappa shape index (κ3) is 3.48. The molecule has 0 fully saturated rings. The van der Waals surface area contributed by atoms with Gasteiger partial charge in [0.1, 0.15) is 17.4 Å². The number of carbonyl (C=O) groups excluding carboxylic acids is 1. The first-order valence-electron chi connectivity index (χ1n) is 7.21. The van der Waals surface area contributed by atoms with E-state index in [4.69, 9.17) is 4.42 Å². The Labute approximate surface area is 132 Å². The second-order valence-electron chi connectivity index (χ2n) is 5.28. The van der Waals surface area contributed by atoms with E-state index >= 15 is 0 Å². The highest BCUT2D eigenvalue weighted by Gasteiger charge is 2.14. The van der Waals surface area contributed by atoms with Crippen molar-refractivity contribution in [2.45, 2.75) is 19.9 Å². The second-order valence-corrected chi connectivity index (χ2v) is 5.28. The Morgan fingerprint density at radius 3 is 2.83 bits per heavy atom. The summed E-state index contributed by atoms with van der Waals surface area (Å²) < 4.78 is 18.5. The maximum atomic E-state index is 13.1. The quantitative estimate of drug-likeness (QED) is 0.770. The number of aryl methyl sites for hydroxylation is 1. The molecule has 5 nitrogen and oxygen atoms in total. The lowest BCUT2D eigenvalue weighted by molar-refractivity contribution is -0.116. The minimum atomic E-state index is -0.497. The van der Waals surface area contributed by atoms with Crippen LogP contribution >= 0.6 is 0 Å². The first kappa shape index (κ1) is 15.0. The molecule has 0 spiro atoms. The highest BCUT2D eigenvalue weighted by atomic mass is 19.1. The third-order valence-electron chi connectivity index (χ3n) is 3.36. The molecule has 0 aliphatic carbocycles. The van der Waals surface area contributed by atoms with Gasteiger partial charge in [-0.05, 0) is 43.3 Å². The average Bonchev–Trinajstić information content (AvgIpc) is 2.86. The van der Waals surface area contributed by atoms with Gasteiger partial charge in [-0.15, -0.1) is 0 Å². The van der Waals surface area contributed by atoms with Gasteiger partial charge < -0.3 is 15.1 Å². The number of fused-ring (bicyclic) bond motifs is 1. The molecular formula is C17H16FN3O2. The molecule has 2 N–H and O–H groups in total. The van der Waals surface area contributed by atoms with E-state index < -0.39 is 11.9 Å². The van der Waals surface area contributed by atoms with Crippen LogP contribution in [0.15, 0.2) is 46.9 Å². The van der Waals surface area contributed by atoms with Crippen LogP contribution in [0.2, 0.25) is 0 Å². The Kier molecular flexibility index (Phi) is 3.97. The summed E-state index contributed by atoms with van der Waals surface area (Å²) in [5.74, 6) is -0.0589. The van der Waals surface area contributed by atoms with Crippen LogP contribution in [0, 0.1) is 12.7 Å². The molecule has 2 aromatic carbocycles. The molecule has 1 heterocycles. The Morgan fingerprint density at radius 2 is 2.04 bits per heavy atom. The van der Waals surface area contributed by atoms with Crippen LogP contribution in [0.25, 0.3) is 11.1 Å². The van der Waals surface area contributed by atoms with Gasteiger partial charge in [0.2, 0.25) is 5.91 Å². The number of amides is 1. The first-order chi connectivity index (χ1) is 11.0. The highest BCUT2D eigenvalue weighted by Crippen LogP contribution is 2.20. The van der Waals surface area contributed by atoms with Crippen molar-refractivity contribution in [3.8, 4) is 0 Å². The van der Waals surface area contributed by atoms with Crippen LogP contribution in [0.4, 0.5) is 15.8 Å². The van der Waals surface area contributed by atoms with E-state index in [0.29, 0.717) is 17.2 Å². The normalized spacial score (nSPS) is 12.1. The van der Waals surface area contributed by atoms with Gasteiger partial charge in [0, 0.05) is 18.3 Å². The predicted molar refractivity (Wildman–Crippen MR) is 86.9 cm³/mol. The first-order valence-corrected chi connectivity index (χ1v) is 7.21. The fraction of sp³-hybridized carbons (Fsp3) is 0.176. The number of oxazole rings is 1. The van der Waals surface area contributed by atoms with Crippen LogP contribution in [-0.2, 0) is 4.79 Å². The lowest BCUT2D eigenvalue weighted by atomic mass is 10.2. The molecule has 0 saturated carbocycles. The lowest BCUT2D eigenvalue weighted by Gasteiger charge is -2.15. The summed E-state index contributed by atoms with van der Waals surface area (Å²) in [5.41, 5.74) is 2.61. The van der Waals surface area contributed by atoms with Gasteiger partial charge in [0.05, 0.1) is 0 Å². The summed E-state index contributed by atoms with van der Waals surface area (Å²) in [7, 11) is 0. The maximum Gasteiger partial charge on any atom is 0.246 e. The molecular weight excluding hydrogens is 297 g/mol. The summed E-state index contributed by atoms with van der Waals surface area (Å²) in [6.45, 7) is 3.51. The number of anilines is 2. The van der Waals surface area contributed by atoms with Crippen LogP contribution in [0.5, 0.6) is 0 Å². The smallest absolute Gasteiger partial charge is 0.246 e. The number of aromatic nitrogens is 1. The van der Waals surface area contributed by atoms with Gasteiger partial charge in [-0.2, -0.15) is 0 Å². The van der Waals surface area contributed by atoms with Crippen LogP contribution < -0.4 is 10.6 Å². The van der Waals surface area contributed by atoms with E-state index in [1.165, 1.54) is 12.1 Å². The zero-order chi connectivity index (χ0) is 16.4. The second kappa shape index (κ2) is 6.08. The van der Waals surface area contributed by atoms with Crippen molar-refractivity contribution < 1.29 is 13.6 Å². The van der Waals surface area contributed by atoms with Gasteiger partial charge in [0.15, 0.2) is 11.5 Å². The number of hydrogen-bond donors (Lipinski definition) is 2. The number of benzene rings is 2. The molecule has 0 bridgehead atoms. The summed E-state index contributed by atoms with van der Waals surface area (Å²) in [5, 5.41) is 5.76. The van der Waals surface area contributed by atoms with E-state index in [-0.39, 0.29) is 5.91 Å². The number of carbonyl (C=O) groups is 1. The van der Waals surface area contributed by atoms with E-state index in [1.54, 1.807) is 32.0 Å². The van der Waals surface area contributed by atoms with Crippen molar-refractivity contribution >= 4 is 28.4 Å². The van der Waals surface area contributed by atoms with Crippen molar-refractivity contribution in [1.29, 1.82) is 0 Å². The fourth-order valence-electron chi connectivity index (χ4n) is 2.26. The van der Waals surface area contributed by atoms with E-state index in [9.17, 15) is 9.18 Å². The Balaban J connectivity index is 1.69. The number of nitrogens with zero attached hydrogens (tertiary/aromatic N) is 1. The Morgan fingerprint density at radius 1 is 1.22 bits per heavy atom. The number of halogens is 1. The molecule has 1 amide bonds. The summed E-state index contributed by atoms with van der Waals surface area (Å²) in [6, 6.07) is 10.7. The molecule has 1 aromatic heterocycles. The van der Waals surface area contributed by atoms with Gasteiger partial charge in [-0.25, -0.2) is 9.37 Å². The molecule has 0 aliphatic rings. The van der Waals surface area contributed by atoms with Crippen molar-refractivity contribution in [1.82, 2.24) is 4.98 Å². The number of nitrogens with one attached hydrogen (secondary N) is 2.